The number of hydrogen-bond acceptors (Lipinski definition) is 5. The Morgan fingerprint density at radius 3 is 2.39 bits per heavy atom. The molecule has 23 heavy (non-hydrogen) atoms. The molecule has 0 radical (unpaired) electrons. The van der Waals surface area contributed by atoms with Crippen molar-refractivity contribution >= 4 is 21.7 Å². The lowest BCUT2D eigenvalue weighted by atomic mass is 10.2. The van der Waals surface area contributed by atoms with Crippen molar-refractivity contribution in [3.8, 4) is 0 Å². The van der Waals surface area contributed by atoms with Gasteiger partial charge in [-0.05, 0) is 18.6 Å². The Bertz CT molecular complexity index is 714. The number of nitrogens with zero attached hydrogens (tertiary/aromatic N) is 1. The topological polar surface area (TPSA) is 80.8 Å². The second kappa shape index (κ2) is 6.61. The van der Waals surface area contributed by atoms with Crippen molar-refractivity contribution < 1.29 is 31.5 Å². The third-order valence-corrected chi connectivity index (χ3v) is 5.32. The Morgan fingerprint density at radius 1 is 1.26 bits per heavy atom. The van der Waals surface area contributed by atoms with Crippen molar-refractivity contribution in [2.45, 2.75) is 12.5 Å². The van der Waals surface area contributed by atoms with Crippen LogP contribution in [0, 0.1) is 11.6 Å². The molecule has 1 aliphatic heterocycles. The predicted octanol–water partition coefficient (Wildman–Crippen LogP) is 0.767. The van der Waals surface area contributed by atoms with E-state index in [1.807, 2.05) is 0 Å². The monoisotopic (exact) mass is 347 g/mol. The number of amides is 1. The predicted molar refractivity (Wildman–Crippen MR) is 76.5 cm³/mol. The van der Waals surface area contributed by atoms with Crippen molar-refractivity contribution in [2.75, 3.05) is 25.2 Å². The SMILES string of the molecule is CN(C(=O)COC(=O)c1cc(F)cc(F)c1)C1CCS(=O)(=O)C1. The smallest absolute Gasteiger partial charge is 0.338 e. The summed E-state index contributed by atoms with van der Waals surface area (Å²) in [5.74, 6) is -3.61. The second-order valence-electron chi connectivity index (χ2n) is 5.30. The lowest BCUT2D eigenvalue weighted by molar-refractivity contribution is -0.134. The summed E-state index contributed by atoms with van der Waals surface area (Å²) >= 11 is 0. The van der Waals surface area contributed by atoms with E-state index in [0.29, 0.717) is 12.5 Å². The maximum atomic E-state index is 13.0. The van der Waals surface area contributed by atoms with Gasteiger partial charge in [0.2, 0.25) is 0 Å². The number of sulfone groups is 1. The minimum atomic E-state index is -3.14. The van der Waals surface area contributed by atoms with Crippen LogP contribution in [0.15, 0.2) is 18.2 Å². The van der Waals surface area contributed by atoms with Crippen LogP contribution < -0.4 is 0 Å². The fourth-order valence-corrected chi connectivity index (χ4v) is 4.04. The highest BCUT2D eigenvalue weighted by Gasteiger charge is 2.32. The Morgan fingerprint density at radius 2 is 1.87 bits per heavy atom. The molecule has 0 aliphatic carbocycles. The Kier molecular flexibility index (Phi) is 4.98. The van der Waals surface area contributed by atoms with Gasteiger partial charge in [-0.2, -0.15) is 0 Å². The molecule has 1 atom stereocenters. The largest absolute Gasteiger partial charge is 0.452 e. The van der Waals surface area contributed by atoms with Crippen LogP contribution in [-0.4, -0.2) is 56.4 Å². The van der Waals surface area contributed by atoms with Gasteiger partial charge in [0.1, 0.15) is 11.6 Å². The van der Waals surface area contributed by atoms with E-state index in [0.717, 1.165) is 12.1 Å². The van der Waals surface area contributed by atoms with E-state index in [-0.39, 0.29) is 17.1 Å². The number of carbonyl (C=O) groups is 2. The Balaban J connectivity index is 1.92. The van der Waals surface area contributed by atoms with E-state index in [2.05, 4.69) is 0 Å². The number of benzene rings is 1. The highest BCUT2D eigenvalue weighted by Crippen LogP contribution is 2.17. The van der Waals surface area contributed by atoms with E-state index < -0.39 is 46.0 Å². The van der Waals surface area contributed by atoms with Gasteiger partial charge in [-0.25, -0.2) is 22.0 Å². The molecular weight excluding hydrogens is 332 g/mol. The molecule has 1 heterocycles. The first-order valence-corrected chi connectivity index (χ1v) is 8.59. The van der Waals surface area contributed by atoms with E-state index in [1.165, 1.54) is 11.9 Å². The standard InChI is InChI=1S/C14H15F2NO5S/c1-17(12-2-3-23(20,21)8-12)13(18)7-22-14(19)9-4-10(15)6-11(16)5-9/h4-6,12H,2-3,7-8H2,1H3. The normalized spacial score (nSPS) is 19.3. The van der Waals surface area contributed by atoms with Crippen LogP contribution in [-0.2, 0) is 19.4 Å². The zero-order valence-electron chi connectivity index (χ0n) is 12.3. The van der Waals surface area contributed by atoms with Crippen LogP contribution in [0.3, 0.4) is 0 Å². The quantitative estimate of drug-likeness (QED) is 0.752. The summed E-state index contributed by atoms with van der Waals surface area (Å²) in [6, 6.07) is 1.74. The molecule has 1 fully saturated rings. The summed E-state index contributed by atoms with van der Waals surface area (Å²) in [6.07, 6.45) is 0.327. The summed E-state index contributed by atoms with van der Waals surface area (Å²) in [5, 5.41) is 0. The van der Waals surface area contributed by atoms with E-state index >= 15 is 0 Å². The van der Waals surface area contributed by atoms with E-state index in [1.54, 1.807) is 0 Å². The fourth-order valence-electron chi connectivity index (χ4n) is 2.27. The molecular formula is C14H15F2NO5S. The zero-order chi connectivity index (χ0) is 17.2. The van der Waals surface area contributed by atoms with Crippen molar-refractivity contribution in [1.29, 1.82) is 0 Å². The molecule has 0 N–H and O–H groups in total. The van der Waals surface area contributed by atoms with Gasteiger partial charge >= 0.3 is 5.97 Å². The first kappa shape index (κ1) is 17.3. The lowest BCUT2D eigenvalue weighted by Crippen LogP contribution is -2.40. The van der Waals surface area contributed by atoms with Crippen LogP contribution in [0.25, 0.3) is 0 Å². The van der Waals surface area contributed by atoms with Gasteiger partial charge < -0.3 is 9.64 Å². The molecule has 2 rings (SSSR count). The molecule has 1 aromatic carbocycles. The summed E-state index contributed by atoms with van der Waals surface area (Å²) in [4.78, 5) is 24.8. The number of carbonyl (C=O) groups excluding carboxylic acids is 2. The highest BCUT2D eigenvalue weighted by molar-refractivity contribution is 7.91. The van der Waals surface area contributed by atoms with Gasteiger partial charge in [-0.15, -0.1) is 0 Å². The van der Waals surface area contributed by atoms with Crippen molar-refractivity contribution in [3.05, 3.63) is 35.4 Å². The Labute approximate surface area is 131 Å². The number of likely N-dealkylation sites (N-methyl/N-ethyl adjacent to an activating group) is 1. The van der Waals surface area contributed by atoms with Crippen molar-refractivity contribution in [2.24, 2.45) is 0 Å². The number of halogens is 2. The Hall–Kier alpha value is -2.03. The molecule has 0 spiro atoms. The molecule has 126 valence electrons. The molecule has 6 nitrogen and oxygen atoms in total. The average molecular weight is 347 g/mol. The molecule has 1 saturated heterocycles. The number of esters is 1. The van der Waals surface area contributed by atoms with Gasteiger partial charge in [0.25, 0.3) is 5.91 Å². The molecule has 0 aromatic heterocycles. The molecule has 0 saturated carbocycles. The second-order valence-corrected chi connectivity index (χ2v) is 7.52. The van der Waals surface area contributed by atoms with Crippen LogP contribution >= 0.6 is 0 Å². The first-order valence-electron chi connectivity index (χ1n) is 6.77. The van der Waals surface area contributed by atoms with Crippen molar-refractivity contribution in [1.82, 2.24) is 4.90 Å². The van der Waals surface area contributed by atoms with Crippen LogP contribution in [0.1, 0.15) is 16.8 Å². The van der Waals surface area contributed by atoms with Gasteiger partial charge in [-0.3, -0.25) is 4.79 Å². The minimum absolute atomic E-state index is 0.0116. The third-order valence-electron chi connectivity index (χ3n) is 3.57. The lowest BCUT2D eigenvalue weighted by Gasteiger charge is -2.23. The molecule has 1 unspecified atom stereocenters. The molecule has 1 amide bonds. The number of ether oxygens (including phenoxy) is 1. The summed E-state index contributed by atoms with van der Waals surface area (Å²) in [6.45, 7) is -0.635. The number of rotatable bonds is 4. The fraction of sp³-hybridized carbons (Fsp3) is 0.429. The zero-order valence-corrected chi connectivity index (χ0v) is 13.1. The minimum Gasteiger partial charge on any atom is -0.452 e. The van der Waals surface area contributed by atoms with Crippen LogP contribution in [0.4, 0.5) is 8.78 Å². The van der Waals surface area contributed by atoms with Gasteiger partial charge in [0.15, 0.2) is 16.4 Å². The number of hydrogen-bond donors (Lipinski definition) is 0. The highest BCUT2D eigenvalue weighted by atomic mass is 32.2. The molecule has 0 bridgehead atoms. The van der Waals surface area contributed by atoms with Crippen LogP contribution in [0.5, 0.6) is 0 Å². The first-order chi connectivity index (χ1) is 10.7. The van der Waals surface area contributed by atoms with Crippen LogP contribution in [0.2, 0.25) is 0 Å². The van der Waals surface area contributed by atoms with Crippen molar-refractivity contribution in [3.63, 3.8) is 0 Å². The molecule has 9 heteroatoms. The average Bonchev–Trinajstić information content (AvgIpc) is 2.82. The van der Waals surface area contributed by atoms with E-state index in [4.69, 9.17) is 4.74 Å². The summed E-state index contributed by atoms with van der Waals surface area (Å²) in [7, 11) is -1.72. The maximum Gasteiger partial charge on any atom is 0.338 e. The van der Waals surface area contributed by atoms with Gasteiger partial charge in [-0.1, -0.05) is 0 Å². The van der Waals surface area contributed by atoms with Gasteiger partial charge in [0, 0.05) is 19.2 Å². The van der Waals surface area contributed by atoms with Gasteiger partial charge in [0.05, 0.1) is 17.1 Å². The van der Waals surface area contributed by atoms with E-state index in [9.17, 15) is 26.8 Å². The molecule has 1 aromatic rings. The third kappa shape index (κ3) is 4.47. The summed E-state index contributed by atoms with van der Waals surface area (Å²) < 4.78 is 53.5. The maximum absolute atomic E-state index is 13.0. The summed E-state index contributed by atoms with van der Waals surface area (Å²) in [5.41, 5.74) is -0.346. The molecule has 1 aliphatic rings.